The molecule has 1 aromatic heterocycles. The van der Waals surface area contributed by atoms with E-state index in [1.54, 1.807) is 20.8 Å². The Hall–Kier alpha value is -3.54. The van der Waals surface area contributed by atoms with Gasteiger partial charge in [-0.2, -0.15) is 11.8 Å². The third-order valence-corrected chi connectivity index (χ3v) is 5.94. The molecule has 0 aliphatic carbocycles. The summed E-state index contributed by atoms with van der Waals surface area (Å²) in [7, 11) is 0. The molecule has 0 aliphatic rings. The number of carboxylic acid groups (broad SMARTS) is 1. The minimum atomic E-state index is -1.25. The largest absolute Gasteiger partial charge is 0.480 e. The van der Waals surface area contributed by atoms with Crippen LogP contribution in [0.5, 0.6) is 0 Å². The average Bonchev–Trinajstić information content (AvgIpc) is 2.76. The van der Waals surface area contributed by atoms with Gasteiger partial charge in [0.15, 0.2) is 0 Å². The quantitative estimate of drug-likeness (QED) is 0.404. The van der Waals surface area contributed by atoms with E-state index in [-0.39, 0.29) is 12.1 Å². The number of alkyl carbamates (subject to hydrolysis) is 1. The van der Waals surface area contributed by atoms with Gasteiger partial charge in [-0.25, -0.2) is 9.59 Å². The predicted octanol–water partition coefficient (Wildman–Crippen LogP) is 1.58. The molecule has 1 atom stereocenters. The van der Waals surface area contributed by atoms with Crippen LogP contribution in [0.2, 0.25) is 0 Å². The Balaban J connectivity index is 2.19. The van der Waals surface area contributed by atoms with Crippen LogP contribution in [0, 0.1) is 6.92 Å². The van der Waals surface area contributed by atoms with Gasteiger partial charge in [-0.1, -0.05) is 30.3 Å². The van der Waals surface area contributed by atoms with E-state index in [0.29, 0.717) is 11.5 Å². The zero-order chi connectivity index (χ0) is 26.9. The van der Waals surface area contributed by atoms with E-state index >= 15 is 0 Å². The SMILES string of the molecule is Cc1cn(CC(=O)N(CC(=O)O)C[C@H](CSCc2ccccc2)NC(=O)OC(C)(C)C)c(=O)[nH]c1=O. The smallest absolute Gasteiger partial charge is 0.407 e. The summed E-state index contributed by atoms with van der Waals surface area (Å²) in [5.74, 6) is -0.891. The van der Waals surface area contributed by atoms with Crippen molar-refractivity contribution in [3.05, 3.63) is 68.5 Å². The second kappa shape index (κ2) is 13.0. The van der Waals surface area contributed by atoms with Crippen LogP contribution in [0.4, 0.5) is 4.79 Å². The van der Waals surface area contributed by atoms with Crippen LogP contribution >= 0.6 is 11.8 Å². The molecule has 0 saturated carbocycles. The molecule has 196 valence electrons. The molecule has 0 spiro atoms. The monoisotopic (exact) mass is 520 g/mol. The first-order valence-electron chi connectivity index (χ1n) is 11.2. The maximum Gasteiger partial charge on any atom is 0.407 e. The van der Waals surface area contributed by atoms with E-state index in [9.17, 15) is 29.1 Å². The maximum absolute atomic E-state index is 13.0. The van der Waals surface area contributed by atoms with Crippen LogP contribution in [0.15, 0.2) is 46.1 Å². The van der Waals surface area contributed by atoms with Crippen LogP contribution in [0.3, 0.4) is 0 Å². The average molecular weight is 521 g/mol. The molecule has 2 amide bonds. The highest BCUT2D eigenvalue weighted by Crippen LogP contribution is 2.14. The first-order valence-corrected chi connectivity index (χ1v) is 12.4. The van der Waals surface area contributed by atoms with E-state index in [1.165, 1.54) is 24.9 Å². The summed E-state index contributed by atoms with van der Waals surface area (Å²) in [6, 6.07) is 9.04. The number of carbonyl (C=O) groups excluding carboxylic acids is 2. The van der Waals surface area contributed by atoms with Gasteiger partial charge in [0.05, 0.1) is 6.04 Å². The number of aromatic amines is 1. The number of benzene rings is 1. The fourth-order valence-electron chi connectivity index (χ4n) is 3.17. The van der Waals surface area contributed by atoms with Crippen molar-refractivity contribution in [1.29, 1.82) is 0 Å². The van der Waals surface area contributed by atoms with Gasteiger partial charge in [0.2, 0.25) is 5.91 Å². The zero-order valence-electron chi connectivity index (χ0n) is 20.8. The van der Waals surface area contributed by atoms with Crippen LogP contribution in [-0.2, 0) is 26.6 Å². The van der Waals surface area contributed by atoms with Gasteiger partial charge >= 0.3 is 17.8 Å². The van der Waals surface area contributed by atoms with Crippen molar-refractivity contribution < 1.29 is 24.2 Å². The second-order valence-electron chi connectivity index (χ2n) is 9.21. The summed E-state index contributed by atoms with van der Waals surface area (Å²) >= 11 is 1.51. The molecule has 11 nitrogen and oxygen atoms in total. The molecule has 36 heavy (non-hydrogen) atoms. The molecule has 3 N–H and O–H groups in total. The fraction of sp³-hybridized carbons (Fsp3) is 0.458. The number of aliphatic carboxylic acids is 1. The van der Waals surface area contributed by atoms with Crippen molar-refractivity contribution in [1.82, 2.24) is 19.8 Å². The summed E-state index contributed by atoms with van der Waals surface area (Å²) < 4.78 is 6.34. The standard InChI is InChI=1S/C24H32N4O7S/c1-16-10-28(22(33)26-21(16)32)12-19(29)27(13-20(30)31)11-18(25-23(34)35-24(2,3)4)15-36-14-17-8-6-5-7-9-17/h5-10,18H,11-15H2,1-4H3,(H,25,34)(H,30,31)(H,26,32,33)/t18-/m1/s1. The number of nitrogens with one attached hydrogen (secondary N) is 2. The Morgan fingerprint density at radius 1 is 1.19 bits per heavy atom. The van der Waals surface area contributed by atoms with Crippen LogP contribution in [0.25, 0.3) is 0 Å². The Morgan fingerprint density at radius 2 is 1.86 bits per heavy atom. The molecule has 0 bridgehead atoms. The highest BCUT2D eigenvalue weighted by atomic mass is 32.2. The van der Waals surface area contributed by atoms with Crippen molar-refractivity contribution in [2.24, 2.45) is 0 Å². The van der Waals surface area contributed by atoms with Gasteiger partial charge in [-0.3, -0.25) is 23.9 Å². The summed E-state index contributed by atoms with van der Waals surface area (Å²) in [5.41, 5.74) is -0.788. The molecule has 12 heteroatoms. The number of aryl methyl sites for hydroxylation is 1. The molecule has 0 saturated heterocycles. The minimum Gasteiger partial charge on any atom is -0.480 e. The van der Waals surface area contributed by atoms with Gasteiger partial charge in [0, 0.05) is 29.8 Å². The van der Waals surface area contributed by atoms with Gasteiger partial charge in [0.1, 0.15) is 18.7 Å². The number of nitrogens with zero attached hydrogens (tertiary/aromatic N) is 2. The van der Waals surface area contributed by atoms with Gasteiger partial charge in [0.25, 0.3) is 5.56 Å². The summed E-state index contributed by atoms with van der Waals surface area (Å²) in [6.45, 7) is 5.41. The minimum absolute atomic E-state index is 0.122. The molecule has 1 aromatic carbocycles. The van der Waals surface area contributed by atoms with Crippen molar-refractivity contribution in [2.45, 2.75) is 51.6 Å². The number of hydrogen-bond donors (Lipinski definition) is 3. The van der Waals surface area contributed by atoms with Crippen LogP contribution in [0.1, 0.15) is 31.9 Å². The molecular weight excluding hydrogens is 488 g/mol. The van der Waals surface area contributed by atoms with Crippen molar-refractivity contribution in [3.8, 4) is 0 Å². The number of rotatable bonds is 11. The number of carboxylic acids is 1. The van der Waals surface area contributed by atoms with Crippen LogP contribution < -0.4 is 16.6 Å². The first kappa shape index (κ1) is 28.7. The van der Waals surface area contributed by atoms with Gasteiger partial charge in [-0.15, -0.1) is 0 Å². The molecular formula is C24H32N4O7S. The van der Waals surface area contributed by atoms with Gasteiger partial charge in [-0.05, 0) is 33.3 Å². The molecule has 0 unspecified atom stereocenters. The Bertz CT molecular complexity index is 1170. The third-order valence-electron chi connectivity index (χ3n) is 4.77. The Labute approximate surface area is 212 Å². The van der Waals surface area contributed by atoms with E-state index in [2.05, 4.69) is 10.3 Å². The number of amides is 2. The van der Waals surface area contributed by atoms with E-state index < -0.39 is 54.0 Å². The van der Waals surface area contributed by atoms with Gasteiger partial charge < -0.3 is 20.1 Å². The van der Waals surface area contributed by atoms with E-state index in [0.717, 1.165) is 15.0 Å². The number of aromatic nitrogens is 2. The van der Waals surface area contributed by atoms with Crippen molar-refractivity contribution >= 4 is 29.7 Å². The molecule has 0 radical (unpaired) electrons. The number of carbonyl (C=O) groups is 3. The lowest BCUT2D eigenvalue weighted by Gasteiger charge is -2.28. The Kier molecular flexibility index (Phi) is 10.3. The summed E-state index contributed by atoms with van der Waals surface area (Å²) in [5, 5.41) is 12.1. The topological polar surface area (TPSA) is 151 Å². The lowest BCUT2D eigenvalue weighted by molar-refractivity contribution is -0.144. The summed E-state index contributed by atoms with van der Waals surface area (Å²) in [6.07, 6.45) is 0.549. The lowest BCUT2D eigenvalue weighted by Crippen LogP contribution is -2.50. The second-order valence-corrected chi connectivity index (χ2v) is 10.2. The maximum atomic E-state index is 13.0. The first-order chi connectivity index (χ1) is 16.8. The summed E-state index contributed by atoms with van der Waals surface area (Å²) in [4.78, 5) is 63.8. The molecule has 0 fully saturated rings. The fourth-order valence-corrected chi connectivity index (χ4v) is 4.19. The third kappa shape index (κ3) is 9.98. The highest BCUT2D eigenvalue weighted by Gasteiger charge is 2.25. The molecule has 2 rings (SSSR count). The lowest BCUT2D eigenvalue weighted by atomic mass is 10.2. The van der Waals surface area contributed by atoms with E-state index in [4.69, 9.17) is 4.74 Å². The number of hydrogen-bond acceptors (Lipinski definition) is 7. The molecule has 2 aromatic rings. The zero-order valence-corrected chi connectivity index (χ0v) is 21.6. The number of H-pyrrole nitrogens is 1. The normalized spacial score (nSPS) is 12.0. The predicted molar refractivity (Wildman–Crippen MR) is 136 cm³/mol. The molecule has 0 aliphatic heterocycles. The highest BCUT2D eigenvalue weighted by molar-refractivity contribution is 7.98. The van der Waals surface area contributed by atoms with Crippen molar-refractivity contribution in [3.63, 3.8) is 0 Å². The van der Waals surface area contributed by atoms with E-state index in [1.807, 2.05) is 30.3 Å². The van der Waals surface area contributed by atoms with Crippen molar-refractivity contribution in [2.75, 3.05) is 18.8 Å². The molecule has 1 heterocycles. The Morgan fingerprint density at radius 3 is 2.47 bits per heavy atom. The van der Waals surface area contributed by atoms with Crippen LogP contribution in [-0.4, -0.2) is 68.0 Å². The number of ether oxygens (including phenoxy) is 1. The number of thioether (sulfide) groups is 1.